The molecule has 3 rings (SSSR count). The van der Waals surface area contributed by atoms with Crippen LogP contribution in [-0.4, -0.2) is 193 Å². The molecule has 0 saturated carbocycles. The van der Waals surface area contributed by atoms with Crippen molar-refractivity contribution < 1.29 is 89.4 Å². The summed E-state index contributed by atoms with van der Waals surface area (Å²) in [5, 5.41) is 121. The summed E-state index contributed by atoms with van der Waals surface area (Å²) >= 11 is 0. The Hall–Kier alpha value is -1.73. The van der Waals surface area contributed by atoms with Gasteiger partial charge in [-0.15, -0.1) is 0 Å². The predicted octanol–water partition coefficient (Wildman–Crippen LogP) is 11.4. The quantitative estimate of drug-likeness (QED) is 0.0199. The van der Waals surface area contributed by atoms with E-state index < -0.39 is 124 Å². The van der Waals surface area contributed by atoms with Gasteiger partial charge in [-0.2, -0.15) is 0 Å². The minimum atomic E-state index is -1.97. The van der Waals surface area contributed by atoms with Crippen molar-refractivity contribution in [3.63, 3.8) is 0 Å². The van der Waals surface area contributed by atoms with Crippen LogP contribution < -0.4 is 5.32 Å². The van der Waals surface area contributed by atoms with E-state index in [1.807, 2.05) is 0 Å². The Bertz CT molecular complexity index is 1780. The van der Waals surface area contributed by atoms with E-state index in [1.165, 1.54) is 225 Å². The summed E-state index contributed by atoms with van der Waals surface area (Å²) in [7, 11) is 0. The first-order chi connectivity index (χ1) is 45.3. The van der Waals surface area contributed by atoms with E-state index in [0.29, 0.717) is 12.8 Å². The largest absolute Gasteiger partial charge is 0.394 e. The third-order valence-electron chi connectivity index (χ3n) is 19.3. The van der Waals surface area contributed by atoms with E-state index in [-0.39, 0.29) is 18.9 Å². The molecule has 3 fully saturated rings. The first-order valence-electron chi connectivity index (χ1n) is 38.1. The van der Waals surface area contributed by atoms with Crippen LogP contribution in [0.3, 0.4) is 0 Å². The van der Waals surface area contributed by atoms with E-state index in [0.717, 1.165) is 51.4 Å². The number of nitrogens with one attached hydrogen (secondary N) is 1. The van der Waals surface area contributed by atoms with Gasteiger partial charge in [0.25, 0.3) is 0 Å². The Morgan fingerprint density at radius 1 is 0.387 bits per heavy atom. The fourth-order valence-corrected chi connectivity index (χ4v) is 13.1. The molecule has 3 aliphatic rings. The molecule has 1 amide bonds. The minimum absolute atomic E-state index is 0.237. The summed E-state index contributed by atoms with van der Waals surface area (Å²) in [6.45, 7) is 1.83. The van der Waals surface area contributed by atoms with E-state index in [2.05, 4.69) is 43.5 Å². The summed E-state index contributed by atoms with van der Waals surface area (Å²) in [5.74, 6) is -0.237. The Balaban J connectivity index is 1.38. The van der Waals surface area contributed by atoms with Crippen LogP contribution in [0.25, 0.3) is 0 Å². The zero-order chi connectivity index (χ0) is 67.5. The van der Waals surface area contributed by atoms with Gasteiger partial charge in [0, 0.05) is 6.42 Å². The van der Waals surface area contributed by atoms with Crippen LogP contribution in [0.15, 0.2) is 24.3 Å². The van der Waals surface area contributed by atoms with Gasteiger partial charge in [0.15, 0.2) is 18.9 Å². The molecule has 19 nitrogen and oxygen atoms in total. The molecule has 3 aliphatic heterocycles. The van der Waals surface area contributed by atoms with Crippen molar-refractivity contribution in [2.24, 2.45) is 0 Å². The van der Waals surface area contributed by atoms with Crippen LogP contribution in [0.4, 0.5) is 0 Å². The second-order valence-electron chi connectivity index (χ2n) is 27.5. The zero-order valence-electron chi connectivity index (χ0n) is 58.3. The molecule has 548 valence electrons. The van der Waals surface area contributed by atoms with Gasteiger partial charge in [-0.3, -0.25) is 4.79 Å². The Morgan fingerprint density at radius 2 is 0.710 bits per heavy atom. The summed E-state index contributed by atoms with van der Waals surface area (Å²) in [5.41, 5.74) is 0. The highest BCUT2D eigenvalue weighted by Gasteiger charge is 2.53. The van der Waals surface area contributed by atoms with E-state index in [4.69, 9.17) is 28.4 Å². The summed E-state index contributed by atoms with van der Waals surface area (Å²) in [6, 6.07) is -0.886. The third kappa shape index (κ3) is 37.3. The maximum atomic E-state index is 13.5. The molecule has 93 heavy (non-hydrogen) atoms. The minimum Gasteiger partial charge on any atom is -0.394 e. The Morgan fingerprint density at radius 3 is 1.10 bits per heavy atom. The van der Waals surface area contributed by atoms with Crippen LogP contribution in [0.5, 0.6) is 0 Å². The van der Waals surface area contributed by atoms with Gasteiger partial charge >= 0.3 is 0 Å². The number of allylic oxidation sites excluding steroid dienone is 4. The van der Waals surface area contributed by atoms with Crippen LogP contribution in [0.1, 0.15) is 309 Å². The molecule has 0 bridgehead atoms. The van der Waals surface area contributed by atoms with Gasteiger partial charge < -0.3 is 89.9 Å². The van der Waals surface area contributed by atoms with Gasteiger partial charge in [0.05, 0.1) is 38.6 Å². The number of ether oxygens (including phenoxy) is 6. The molecule has 17 atom stereocenters. The lowest BCUT2D eigenvalue weighted by molar-refractivity contribution is -0.379. The first-order valence-corrected chi connectivity index (χ1v) is 38.1. The van der Waals surface area contributed by atoms with Crippen LogP contribution in [-0.2, 0) is 33.2 Å². The lowest BCUT2D eigenvalue weighted by Gasteiger charge is -2.48. The van der Waals surface area contributed by atoms with E-state index in [1.54, 1.807) is 0 Å². The van der Waals surface area contributed by atoms with Gasteiger partial charge in [-0.05, 0) is 44.9 Å². The summed E-state index contributed by atoms with van der Waals surface area (Å²) in [4.78, 5) is 13.5. The Labute approximate surface area is 562 Å². The van der Waals surface area contributed by atoms with Crippen LogP contribution >= 0.6 is 0 Å². The number of rotatable bonds is 60. The molecule has 0 spiro atoms. The normalized spacial score (nSPS) is 27.6. The van der Waals surface area contributed by atoms with Crippen molar-refractivity contribution in [3.8, 4) is 0 Å². The molecule has 12 N–H and O–H groups in total. The molecule has 0 aromatic heterocycles. The maximum Gasteiger partial charge on any atom is 0.220 e. The second kappa shape index (κ2) is 56.1. The molecule has 0 aromatic rings. The summed E-state index contributed by atoms with van der Waals surface area (Å²) in [6.07, 6.45) is 38.3. The lowest BCUT2D eigenvalue weighted by atomic mass is 9.96. The van der Waals surface area contributed by atoms with Gasteiger partial charge in [0.1, 0.15) is 73.2 Å². The van der Waals surface area contributed by atoms with E-state index >= 15 is 0 Å². The molecule has 19 heteroatoms. The number of aliphatic hydroxyl groups excluding tert-OH is 11. The SMILES string of the molecule is CCCCCCC/C=C\C/C=C\CCCCCCCCCCCCCCCCCCCC(=O)NC(COC1OC(CO)C(OC2OC(CO)C(OC3OC(CO)C(O)C(O)C3O)C(O)C2O)C(O)C1O)C(O)CCCCCCCCCCCCCCCCCCCCC. The number of hydrogen-bond donors (Lipinski definition) is 12. The van der Waals surface area contributed by atoms with Gasteiger partial charge in [-0.1, -0.05) is 282 Å². The highest BCUT2D eigenvalue weighted by Crippen LogP contribution is 2.33. The van der Waals surface area contributed by atoms with Crippen molar-refractivity contribution in [1.29, 1.82) is 0 Å². The molecule has 0 radical (unpaired) electrons. The van der Waals surface area contributed by atoms with Crippen molar-refractivity contribution in [2.75, 3.05) is 26.4 Å². The van der Waals surface area contributed by atoms with Crippen LogP contribution in [0, 0.1) is 0 Å². The number of amides is 1. The van der Waals surface area contributed by atoms with Gasteiger partial charge in [-0.25, -0.2) is 0 Å². The number of carbonyl (C=O) groups is 1. The number of unbranched alkanes of at least 4 members (excludes halogenated alkanes) is 40. The Kier molecular flexibility index (Phi) is 51.5. The monoisotopic (exact) mass is 1330 g/mol. The highest BCUT2D eigenvalue weighted by molar-refractivity contribution is 5.76. The molecule has 3 heterocycles. The van der Waals surface area contributed by atoms with Crippen molar-refractivity contribution in [3.05, 3.63) is 24.3 Å². The molecule has 3 saturated heterocycles. The van der Waals surface area contributed by atoms with Gasteiger partial charge in [0.2, 0.25) is 5.91 Å². The smallest absolute Gasteiger partial charge is 0.220 e. The maximum absolute atomic E-state index is 13.5. The van der Waals surface area contributed by atoms with E-state index in [9.17, 15) is 61.0 Å². The third-order valence-corrected chi connectivity index (χ3v) is 19.3. The van der Waals surface area contributed by atoms with Crippen molar-refractivity contribution in [2.45, 2.75) is 413 Å². The highest BCUT2D eigenvalue weighted by atomic mass is 16.8. The average molecular weight is 1330 g/mol. The molecular weight excluding hydrogens is 1190 g/mol. The molecule has 0 aliphatic carbocycles. The molecule has 0 aromatic carbocycles. The number of hydrogen-bond acceptors (Lipinski definition) is 18. The average Bonchev–Trinajstić information content (AvgIpc) is 1.00. The first kappa shape index (κ1) is 85.5. The van der Waals surface area contributed by atoms with Crippen LogP contribution in [0.2, 0.25) is 0 Å². The molecular formula is C74H139NO18. The zero-order valence-corrected chi connectivity index (χ0v) is 58.3. The fourth-order valence-electron chi connectivity index (χ4n) is 13.1. The fraction of sp³-hybridized carbons (Fsp3) is 0.932. The number of aliphatic hydroxyl groups is 11. The standard InChI is InChI=1S/C74H139NO18/c1-3-5-7-9-11-13-15-17-19-21-23-24-25-26-27-28-29-30-31-32-34-36-38-40-42-44-46-48-50-52-62(80)75-57(58(79)51-49-47-45-43-41-39-37-35-33-22-20-18-16-14-12-10-8-6-4-2)56-88-72-68(86)65(83)70(60(54-77)90-72)93-74-69(87)66(84)71(61(55-78)91-74)92-73-67(85)64(82)63(81)59(53-76)89-73/h15,17,21,23,57-61,63-74,76-79,81-87H,3-14,16,18-20,22,24-56H2,1-2H3,(H,75,80)/b17-15-,23-21-. The van der Waals surface area contributed by atoms with Crippen molar-refractivity contribution >= 4 is 5.91 Å². The number of carbonyl (C=O) groups excluding carboxylic acids is 1. The summed E-state index contributed by atoms with van der Waals surface area (Å²) < 4.78 is 34.5. The van der Waals surface area contributed by atoms with Crippen molar-refractivity contribution in [1.82, 2.24) is 5.32 Å². The lowest BCUT2D eigenvalue weighted by Crippen LogP contribution is -2.66. The molecule has 17 unspecified atom stereocenters. The second-order valence-corrected chi connectivity index (χ2v) is 27.5. The topological polar surface area (TPSA) is 307 Å². The predicted molar refractivity (Wildman–Crippen MR) is 365 cm³/mol.